The van der Waals surface area contributed by atoms with Gasteiger partial charge in [0.25, 0.3) is 0 Å². The average molecular weight is 296 g/mol. The van der Waals surface area contributed by atoms with E-state index in [1.54, 1.807) is 0 Å². The summed E-state index contributed by atoms with van der Waals surface area (Å²) in [6.45, 7) is 0.909. The lowest BCUT2D eigenvalue weighted by Gasteiger charge is -2.49. The first-order chi connectivity index (χ1) is 9.84. The van der Waals surface area contributed by atoms with Crippen LogP contribution in [0.3, 0.4) is 0 Å². The van der Waals surface area contributed by atoms with Crippen LogP contribution in [0.25, 0.3) is 0 Å². The average Bonchev–Trinajstić information content (AvgIpc) is 2.32. The Morgan fingerprint density at radius 3 is 2.38 bits per heavy atom. The molecule has 1 aliphatic rings. The summed E-state index contributed by atoms with van der Waals surface area (Å²) in [6.07, 6.45) is 3.43. The number of hydrogen-bond donors (Lipinski definition) is 0. The van der Waals surface area contributed by atoms with Gasteiger partial charge in [0.05, 0.1) is 12.1 Å². The van der Waals surface area contributed by atoms with Crippen LogP contribution in [-0.4, -0.2) is 55.4 Å². The zero-order chi connectivity index (χ0) is 15.6. The van der Waals surface area contributed by atoms with Crippen LogP contribution in [0.5, 0.6) is 0 Å². The van der Waals surface area contributed by atoms with Gasteiger partial charge in [-0.3, -0.25) is 9.69 Å². The van der Waals surface area contributed by atoms with Gasteiger partial charge < -0.3 is 4.90 Å². The molecule has 0 aromatic heterocycles. The Morgan fingerprint density at radius 1 is 1.24 bits per heavy atom. The lowest BCUT2D eigenvalue weighted by molar-refractivity contribution is 0.0280. The van der Waals surface area contributed by atoms with Crippen LogP contribution in [0.15, 0.2) is 18.2 Å². The number of Topliss-reactive ketones (excluding diaryl/α,β-unsaturated/α-hetero) is 1. The van der Waals surface area contributed by atoms with Crippen LogP contribution < -0.4 is 0 Å². The lowest BCUT2D eigenvalue weighted by atomic mass is 9.75. The van der Waals surface area contributed by atoms with Crippen molar-refractivity contribution < 1.29 is 13.6 Å². The monoisotopic (exact) mass is 296 g/mol. The van der Waals surface area contributed by atoms with Gasteiger partial charge in [-0.05, 0) is 52.5 Å². The van der Waals surface area contributed by atoms with Gasteiger partial charge in [-0.25, -0.2) is 8.78 Å². The molecule has 0 N–H and O–H groups in total. The number of ketones is 1. The second-order valence-electron chi connectivity index (χ2n) is 6.19. The summed E-state index contributed by atoms with van der Waals surface area (Å²) in [4.78, 5) is 16.3. The third-order valence-corrected chi connectivity index (χ3v) is 4.44. The van der Waals surface area contributed by atoms with Crippen LogP contribution >= 0.6 is 0 Å². The van der Waals surface area contributed by atoms with E-state index in [1.165, 1.54) is 12.5 Å². The molecule has 3 nitrogen and oxygen atoms in total. The van der Waals surface area contributed by atoms with Gasteiger partial charge in [0.15, 0.2) is 5.78 Å². The second-order valence-corrected chi connectivity index (χ2v) is 6.19. The molecule has 0 atom stereocenters. The van der Waals surface area contributed by atoms with Crippen molar-refractivity contribution in [1.29, 1.82) is 0 Å². The molecule has 1 aromatic rings. The number of nitrogens with zero attached hydrogens (tertiary/aromatic N) is 2. The highest BCUT2D eigenvalue weighted by molar-refractivity contribution is 5.97. The SMILES string of the molecule is CN(CC(=O)c1ccc(F)cc1F)CC1(N(C)C)CCC1. The van der Waals surface area contributed by atoms with Gasteiger partial charge >= 0.3 is 0 Å². The summed E-state index contributed by atoms with van der Waals surface area (Å²) >= 11 is 0. The summed E-state index contributed by atoms with van der Waals surface area (Å²) in [5, 5.41) is 0. The van der Waals surface area contributed by atoms with E-state index in [0.717, 1.165) is 31.5 Å². The highest BCUT2D eigenvalue weighted by Crippen LogP contribution is 2.36. The number of benzene rings is 1. The first-order valence-corrected chi connectivity index (χ1v) is 7.18. The van der Waals surface area contributed by atoms with Gasteiger partial charge in [0.2, 0.25) is 0 Å². The molecule has 2 rings (SSSR count). The van der Waals surface area contributed by atoms with Crippen molar-refractivity contribution in [2.75, 3.05) is 34.2 Å². The molecular weight excluding hydrogens is 274 g/mol. The molecule has 0 saturated heterocycles. The molecule has 116 valence electrons. The largest absolute Gasteiger partial charge is 0.302 e. The fraction of sp³-hybridized carbons (Fsp3) is 0.562. The van der Waals surface area contributed by atoms with Crippen molar-refractivity contribution in [3.63, 3.8) is 0 Å². The first kappa shape index (κ1) is 16.0. The van der Waals surface area contributed by atoms with Crippen LogP contribution in [-0.2, 0) is 0 Å². The van der Waals surface area contributed by atoms with Crippen molar-refractivity contribution in [2.24, 2.45) is 0 Å². The number of halogens is 2. The third-order valence-electron chi connectivity index (χ3n) is 4.44. The summed E-state index contributed by atoms with van der Waals surface area (Å²) in [7, 11) is 5.96. The van der Waals surface area contributed by atoms with Crippen LogP contribution in [0.2, 0.25) is 0 Å². The predicted molar refractivity (Wildman–Crippen MR) is 78.5 cm³/mol. The van der Waals surface area contributed by atoms with Crippen molar-refractivity contribution in [3.8, 4) is 0 Å². The molecule has 1 fully saturated rings. The molecule has 1 aromatic carbocycles. The molecule has 5 heteroatoms. The van der Waals surface area contributed by atoms with E-state index in [-0.39, 0.29) is 23.4 Å². The third kappa shape index (κ3) is 3.47. The van der Waals surface area contributed by atoms with E-state index in [1.807, 2.05) is 11.9 Å². The van der Waals surface area contributed by atoms with E-state index in [4.69, 9.17) is 0 Å². The van der Waals surface area contributed by atoms with Gasteiger partial charge in [0.1, 0.15) is 11.6 Å². The van der Waals surface area contributed by atoms with Gasteiger partial charge in [-0.2, -0.15) is 0 Å². The first-order valence-electron chi connectivity index (χ1n) is 7.18. The van der Waals surface area contributed by atoms with E-state index >= 15 is 0 Å². The summed E-state index contributed by atoms with van der Waals surface area (Å²) in [6, 6.07) is 3.08. The summed E-state index contributed by atoms with van der Waals surface area (Å²) in [5.74, 6) is -1.78. The Kier molecular flexibility index (Phi) is 4.74. The smallest absolute Gasteiger partial charge is 0.179 e. The number of rotatable bonds is 6. The quantitative estimate of drug-likeness (QED) is 0.754. The van der Waals surface area contributed by atoms with Gasteiger partial charge in [-0.15, -0.1) is 0 Å². The Labute approximate surface area is 124 Å². The molecule has 1 saturated carbocycles. The standard InChI is InChI=1S/C16H22F2N2O/c1-19(2)16(7-4-8-16)11-20(3)10-15(21)13-6-5-12(17)9-14(13)18/h5-6,9H,4,7-8,10-11H2,1-3H3. The molecule has 21 heavy (non-hydrogen) atoms. The minimum Gasteiger partial charge on any atom is -0.302 e. The Hall–Kier alpha value is -1.33. The molecule has 0 aliphatic heterocycles. The van der Waals surface area contributed by atoms with Crippen molar-refractivity contribution in [2.45, 2.75) is 24.8 Å². The van der Waals surface area contributed by atoms with Gasteiger partial charge in [0, 0.05) is 18.2 Å². The molecule has 0 radical (unpaired) electrons. The molecule has 0 amide bonds. The van der Waals surface area contributed by atoms with Crippen LogP contribution in [0.1, 0.15) is 29.6 Å². The van der Waals surface area contributed by atoms with Crippen molar-refractivity contribution >= 4 is 5.78 Å². The molecule has 0 unspecified atom stereocenters. The molecule has 0 bridgehead atoms. The minimum absolute atomic E-state index is 0.0456. The minimum atomic E-state index is -0.792. The second kappa shape index (κ2) is 6.20. The number of carbonyl (C=O) groups excluding carboxylic acids is 1. The fourth-order valence-electron chi connectivity index (χ4n) is 2.94. The van der Waals surface area contributed by atoms with E-state index < -0.39 is 11.6 Å². The topological polar surface area (TPSA) is 23.6 Å². The molecule has 1 aliphatic carbocycles. The maximum absolute atomic E-state index is 13.6. The van der Waals surface area contributed by atoms with Crippen molar-refractivity contribution in [1.82, 2.24) is 9.80 Å². The highest BCUT2D eigenvalue weighted by Gasteiger charge is 2.39. The Balaban J connectivity index is 1.99. The number of hydrogen-bond acceptors (Lipinski definition) is 3. The van der Waals surface area contributed by atoms with E-state index in [0.29, 0.717) is 0 Å². The lowest BCUT2D eigenvalue weighted by Crippen LogP contribution is -2.57. The van der Waals surface area contributed by atoms with E-state index in [2.05, 4.69) is 19.0 Å². The molecule has 0 spiro atoms. The maximum Gasteiger partial charge on any atom is 0.179 e. The fourth-order valence-corrected chi connectivity index (χ4v) is 2.94. The maximum atomic E-state index is 13.6. The molecular formula is C16H22F2N2O. The number of carbonyl (C=O) groups is 1. The van der Waals surface area contributed by atoms with Crippen LogP contribution in [0, 0.1) is 11.6 Å². The van der Waals surface area contributed by atoms with Gasteiger partial charge in [-0.1, -0.05) is 0 Å². The molecule has 0 heterocycles. The zero-order valence-corrected chi connectivity index (χ0v) is 12.8. The summed E-state index contributed by atoms with van der Waals surface area (Å²) in [5.41, 5.74) is 0.0758. The number of likely N-dealkylation sites (N-methyl/N-ethyl adjacent to an activating group) is 2. The van der Waals surface area contributed by atoms with E-state index in [9.17, 15) is 13.6 Å². The Morgan fingerprint density at radius 2 is 1.90 bits per heavy atom. The highest BCUT2D eigenvalue weighted by atomic mass is 19.1. The van der Waals surface area contributed by atoms with Crippen LogP contribution in [0.4, 0.5) is 8.78 Å². The summed E-state index contributed by atoms with van der Waals surface area (Å²) < 4.78 is 26.5. The Bertz CT molecular complexity index is 527. The normalized spacial score (nSPS) is 17.1. The van der Waals surface area contributed by atoms with Crippen molar-refractivity contribution in [3.05, 3.63) is 35.4 Å². The predicted octanol–water partition coefficient (Wildman–Crippen LogP) is 2.56. The zero-order valence-electron chi connectivity index (χ0n) is 12.8.